The van der Waals surface area contributed by atoms with Gasteiger partial charge in [-0.3, -0.25) is 0 Å². The van der Waals surface area contributed by atoms with Gasteiger partial charge in [-0.2, -0.15) is 0 Å². The van der Waals surface area contributed by atoms with Crippen LogP contribution < -0.4 is 4.72 Å². The Balaban J connectivity index is 2.01. The van der Waals surface area contributed by atoms with Crippen LogP contribution in [0.15, 0.2) is 54.6 Å². The molecular formula is C18H23NO3S. The number of hydrogen-bond acceptors (Lipinski definition) is 3. The maximum absolute atomic E-state index is 12.3. The molecule has 2 aromatic carbocycles. The van der Waals surface area contributed by atoms with Gasteiger partial charge < -0.3 is 5.11 Å². The zero-order valence-corrected chi connectivity index (χ0v) is 14.1. The van der Waals surface area contributed by atoms with E-state index >= 15 is 0 Å². The molecule has 0 radical (unpaired) electrons. The molecule has 1 unspecified atom stereocenters. The monoisotopic (exact) mass is 333 g/mol. The maximum Gasteiger partial charge on any atom is 0.215 e. The molecule has 0 aliphatic rings. The highest BCUT2D eigenvalue weighted by Crippen LogP contribution is 2.19. The van der Waals surface area contributed by atoms with Crippen molar-refractivity contribution in [3.8, 4) is 0 Å². The van der Waals surface area contributed by atoms with Crippen LogP contribution in [0.5, 0.6) is 0 Å². The smallest absolute Gasteiger partial charge is 0.215 e. The Bertz CT molecular complexity index is 714. The summed E-state index contributed by atoms with van der Waals surface area (Å²) in [6, 6.07) is 17.2. The van der Waals surface area contributed by atoms with Crippen molar-refractivity contribution in [1.29, 1.82) is 0 Å². The Kier molecular flexibility index (Phi) is 6.33. The number of hydrogen-bond donors (Lipinski definition) is 2. The number of aliphatic hydroxyl groups excluding tert-OH is 1. The van der Waals surface area contributed by atoms with Gasteiger partial charge in [-0.25, -0.2) is 13.1 Å². The second kappa shape index (κ2) is 8.24. The van der Waals surface area contributed by atoms with E-state index in [0.717, 1.165) is 16.7 Å². The molecular weight excluding hydrogens is 310 g/mol. The molecule has 0 spiro atoms. The van der Waals surface area contributed by atoms with Gasteiger partial charge in [0, 0.05) is 13.2 Å². The molecule has 0 bridgehead atoms. The number of aryl methyl sites for hydroxylation is 1. The number of benzene rings is 2. The first-order valence-corrected chi connectivity index (χ1v) is 9.34. The van der Waals surface area contributed by atoms with E-state index in [1.54, 1.807) is 0 Å². The predicted octanol–water partition coefficient (Wildman–Crippen LogP) is 2.58. The van der Waals surface area contributed by atoms with Crippen LogP contribution in [0.4, 0.5) is 0 Å². The zero-order chi connectivity index (χ0) is 16.7. The standard InChI is InChI=1S/C18H23NO3S/c1-15-6-5-7-16(12-15)14-23(21,22)19-13-18(10-11-20)17-8-3-2-4-9-17/h2-9,12,18-20H,10-11,13-14H2,1H3. The van der Waals surface area contributed by atoms with Crippen molar-refractivity contribution in [2.75, 3.05) is 13.2 Å². The van der Waals surface area contributed by atoms with Crippen LogP contribution >= 0.6 is 0 Å². The topological polar surface area (TPSA) is 66.4 Å². The molecule has 0 fully saturated rings. The van der Waals surface area contributed by atoms with E-state index in [9.17, 15) is 13.5 Å². The molecule has 0 saturated heterocycles. The van der Waals surface area contributed by atoms with Crippen molar-refractivity contribution in [1.82, 2.24) is 4.72 Å². The number of rotatable bonds is 8. The van der Waals surface area contributed by atoms with E-state index in [0.29, 0.717) is 13.0 Å². The summed E-state index contributed by atoms with van der Waals surface area (Å²) in [6.07, 6.45) is 0.525. The molecule has 1 atom stereocenters. The summed E-state index contributed by atoms with van der Waals surface area (Å²) in [5.74, 6) is -0.0662. The fraction of sp³-hybridized carbons (Fsp3) is 0.333. The molecule has 0 saturated carbocycles. The largest absolute Gasteiger partial charge is 0.396 e. The molecule has 0 aromatic heterocycles. The minimum atomic E-state index is -3.40. The Hall–Kier alpha value is -1.69. The van der Waals surface area contributed by atoms with Crippen LogP contribution in [-0.2, 0) is 15.8 Å². The van der Waals surface area contributed by atoms with E-state index in [2.05, 4.69) is 4.72 Å². The van der Waals surface area contributed by atoms with Crippen molar-refractivity contribution in [3.63, 3.8) is 0 Å². The van der Waals surface area contributed by atoms with Crippen LogP contribution in [0.3, 0.4) is 0 Å². The summed E-state index contributed by atoms with van der Waals surface area (Å²) in [5.41, 5.74) is 2.84. The molecule has 2 N–H and O–H groups in total. The van der Waals surface area contributed by atoms with Crippen LogP contribution in [0, 0.1) is 6.92 Å². The Morgan fingerprint density at radius 1 is 1.09 bits per heavy atom. The van der Waals surface area contributed by atoms with Gasteiger partial charge in [0.05, 0.1) is 5.75 Å². The van der Waals surface area contributed by atoms with Gasteiger partial charge in [-0.15, -0.1) is 0 Å². The molecule has 0 heterocycles. The fourth-order valence-corrected chi connectivity index (χ4v) is 3.74. The molecule has 5 heteroatoms. The summed E-state index contributed by atoms with van der Waals surface area (Å²) in [6.45, 7) is 2.26. The van der Waals surface area contributed by atoms with Crippen LogP contribution in [-0.4, -0.2) is 26.7 Å². The lowest BCUT2D eigenvalue weighted by Gasteiger charge is -2.17. The average molecular weight is 333 g/mol. The molecule has 0 aliphatic carbocycles. The average Bonchev–Trinajstić information content (AvgIpc) is 2.52. The zero-order valence-electron chi connectivity index (χ0n) is 13.3. The highest BCUT2D eigenvalue weighted by Gasteiger charge is 2.16. The summed E-state index contributed by atoms with van der Waals surface area (Å²) in [5, 5.41) is 9.22. The third-order valence-corrected chi connectivity index (χ3v) is 5.06. The lowest BCUT2D eigenvalue weighted by Crippen LogP contribution is -2.30. The molecule has 2 aromatic rings. The Labute approximate surface area is 138 Å². The van der Waals surface area contributed by atoms with E-state index in [-0.39, 0.29) is 18.3 Å². The first kappa shape index (κ1) is 17.7. The summed E-state index contributed by atoms with van der Waals surface area (Å²) in [7, 11) is -3.40. The van der Waals surface area contributed by atoms with Crippen molar-refractivity contribution < 1.29 is 13.5 Å². The van der Waals surface area contributed by atoms with Crippen molar-refractivity contribution in [2.45, 2.75) is 25.0 Å². The fourth-order valence-electron chi connectivity index (χ4n) is 2.57. The molecule has 23 heavy (non-hydrogen) atoms. The van der Waals surface area contributed by atoms with E-state index in [4.69, 9.17) is 0 Å². The van der Waals surface area contributed by atoms with Crippen LogP contribution in [0.25, 0.3) is 0 Å². The first-order valence-electron chi connectivity index (χ1n) is 7.69. The molecule has 124 valence electrons. The third-order valence-electron chi connectivity index (χ3n) is 3.74. The highest BCUT2D eigenvalue weighted by molar-refractivity contribution is 7.88. The molecule has 0 aliphatic heterocycles. The van der Waals surface area contributed by atoms with Gasteiger partial charge in [0.25, 0.3) is 0 Å². The van der Waals surface area contributed by atoms with Gasteiger partial charge in [0.2, 0.25) is 10.0 Å². The predicted molar refractivity (Wildman–Crippen MR) is 92.7 cm³/mol. The van der Waals surface area contributed by atoms with Crippen LogP contribution in [0.2, 0.25) is 0 Å². The van der Waals surface area contributed by atoms with E-state index in [1.807, 2.05) is 61.5 Å². The SMILES string of the molecule is Cc1cccc(CS(=O)(=O)NCC(CCO)c2ccccc2)c1. The van der Waals surface area contributed by atoms with E-state index in [1.165, 1.54) is 0 Å². The lowest BCUT2D eigenvalue weighted by atomic mass is 9.96. The second-order valence-electron chi connectivity index (χ2n) is 5.72. The van der Waals surface area contributed by atoms with Crippen molar-refractivity contribution >= 4 is 10.0 Å². The summed E-state index contributed by atoms with van der Waals surface area (Å²) in [4.78, 5) is 0. The Morgan fingerprint density at radius 2 is 1.83 bits per heavy atom. The van der Waals surface area contributed by atoms with Gasteiger partial charge >= 0.3 is 0 Å². The molecule has 0 amide bonds. The Morgan fingerprint density at radius 3 is 2.48 bits per heavy atom. The van der Waals surface area contributed by atoms with Gasteiger partial charge in [-0.05, 0) is 30.4 Å². The van der Waals surface area contributed by atoms with Gasteiger partial charge in [0.15, 0.2) is 0 Å². The highest BCUT2D eigenvalue weighted by atomic mass is 32.2. The van der Waals surface area contributed by atoms with Crippen molar-refractivity contribution in [3.05, 3.63) is 71.3 Å². The minimum Gasteiger partial charge on any atom is -0.396 e. The molecule has 2 rings (SSSR count). The molecule has 4 nitrogen and oxygen atoms in total. The van der Waals surface area contributed by atoms with Crippen molar-refractivity contribution in [2.24, 2.45) is 0 Å². The quantitative estimate of drug-likeness (QED) is 0.780. The van der Waals surface area contributed by atoms with Gasteiger partial charge in [0.1, 0.15) is 0 Å². The first-order chi connectivity index (χ1) is 11.0. The third kappa shape index (κ3) is 5.78. The normalized spacial score (nSPS) is 13.0. The van der Waals surface area contributed by atoms with Crippen LogP contribution in [0.1, 0.15) is 29.0 Å². The minimum absolute atomic E-state index is 0.0270. The van der Waals surface area contributed by atoms with E-state index < -0.39 is 10.0 Å². The number of sulfonamides is 1. The summed E-state index contributed by atoms with van der Waals surface area (Å²) < 4.78 is 27.2. The maximum atomic E-state index is 12.3. The number of nitrogens with one attached hydrogen (secondary N) is 1. The summed E-state index contributed by atoms with van der Waals surface area (Å²) >= 11 is 0. The number of aliphatic hydroxyl groups is 1. The lowest BCUT2D eigenvalue weighted by molar-refractivity contribution is 0.275. The second-order valence-corrected chi connectivity index (χ2v) is 7.52. The van der Waals surface area contributed by atoms with Gasteiger partial charge in [-0.1, -0.05) is 60.2 Å².